The molecule has 6 nitrogen and oxygen atoms in total. The van der Waals surface area contributed by atoms with Gasteiger partial charge in [-0.3, -0.25) is 15.4 Å². The van der Waals surface area contributed by atoms with Crippen molar-refractivity contribution in [3.63, 3.8) is 0 Å². The summed E-state index contributed by atoms with van der Waals surface area (Å²) in [5.74, 6) is 1.90. The molecule has 0 radical (unpaired) electrons. The normalized spacial score (nSPS) is 14.9. The van der Waals surface area contributed by atoms with Crippen molar-refractivity contribution in [3.05, 3.63) is 39.9 Å². The molecule has 1 N–H and O–H groups in total. The van der Waals surface area contributed by atoms with Crippen LogP contribution < -0.4 is 5.32 Å². The van der Waals surface area contributed by atoms with Crippen LogP contribution in [0.25, 0.3) is 0 Å². The van der Waals surface area contributed by atoms with Gasteiger partial charge in [-0.15, -0.1) is 6.42 Å². The average Bonchev–Trinajstić information content (AvgIpc) is 2.53. The first kappa shape index (κ1) is 20.7. The number of terminal acetylenes is 1. The van der Waals surface area contributed by atoms with Crippen LogP contribution in [0.1, 0.15) is 46.6 Å². The van der Waals surface area contributed by atoms with E-state index in [0.29, 0.717) is 12.0 Å². The highest BCUT2D eigenvalue weighted by molar-refractivity contribution is 5.83. The summed E-state index contributed by atoms with van der Waals surface area (Å²) in [4.78, 5) is 23.6. The van der Waals surface area contributed by atoms with Crippen molar-refractivity contribution in [2.24, 2.45) is 5.92 Å². The van der Waals surface area contributed by atoms with Crippen LogP contribution in [-0.2, 0) is 15.1 Å². The van der Waals surface area contributed by atoms with Gasteiger partial charge in [-0.05, 0) is 44.4 Å². The maximum Gasteiger partial charge on any atom is 0.331 e. The second-order valence-corrected chi connectivity index (χ2v) is 6.98. The second-order valence-electron chi connectivity index (χ2n) is 6.98. The van der Waals surface area contributed by atoms with Crippen molar-refractivity contribution in [1.29, 1.82) is 0 Å². The van der Waals surface area contributed by atoms with Gasteiger partial charge >= 0.3 is 5.97 Å². The molecular formula is C19H26N2O4. The van der Waals surface area contributed by atoms with Crippen molar-refractivity contribution in [2.75, 3.05) is 6.54 Å². The molecule has 0 aliphatic carbocycles. The molecule has 1 unspecified atom stereocenters. The number of ether oxygens (including phenoxy) is 1. The summed E-state index contributed by atoms with van der Waals surface area (Å²) in [5, 5.41) is 14.1. The molecule has 0 aliphatic rings. The number of non-ortho nitro benzene ring substituents is 1. The Morgan fingerprint density at radius 1 is 1.36 bits per heavy atom. The maximum absolute atomic E-state index is 13.1. The molecule has 1 aromatic rings. The molecule has 6 heteroatoms. The molecule has 1 aromatic carbocycles. The molecule has 0 spiro atoms. The molecule has 136 valence electrons. The summed E-state index contributed by atoms with van der Waals surface area (Å²) < 4.78 is 5.65. The third kappa shape index (κ3) is 4.80. The Morgan fingerprint density at radius 3 is 2.32 bits per heavy atom. The SMILES string of the molecule is C#CCN[C@@](C(=O)OC(C)(C)C)(c1ccc([N+](=O)[O-])cc1)C(C)CC. The lowest BCUT2D eigenvalue weighted by Gasteiger charge is -2.39. The van der Waals surface area contributed by atoms with E-state index in [0.717, 1.165) is 0 Å². The quantitative estimate of drug-likeness (QED) is 0.354. The fraction of sp³-hybridized carbons (Fsp3) is 0.526. The zero-order valence-corrected chi connectivity index (χ0v) is 15.5. The van der Waals surface area contributed by atoms with E-state index in [1.165, 1.54) is 12.1 Å². The zero-order chi connectivity index (χ0) is 19.3. The fourth-order valence-corrected chi connectivity index (χ4v) is 2.65. The molecule has 0 aromatic heterocycles. The number of nitro benzene ring substituents is 1. The van der Waals surface area contributed by atoms with Crippen molar-refractivity contribution in [2.45, 2.75) is 52.2 Å². The predicted molar refractivity (Wildman–Crippen MR) is 96.9 cm³/mol. The van der Waals surface area contributed by atoms with Crippen molar-refractivity contribution in [1.82, 2.24) is 5.32 Å². The van der Waals surface area contributed by atoms with Crippen LogP contribution in [0.5, 0.6) is 0 Å². The topological polar surface area (TPSA) is 81.5 Å². The minimum Gasteiger partial charge on any atom is -0.458 e. The number of hydrogen-bond donors (Lipinski definition) is 1. The molecule has 1 rings (SSSR count). The van der Waals surface area contributed by atoms with Crippen molar-refractivity contribution >= 4 is 11.7 Å². The van der Waals surface area contributed by atoms with Crippen molar-refractivity contribution < 1.29 is 14.5 Å². The highest BCUT2D eigenvalue weighted by Crippen LogP contribution is 2.35. The van der Waals surface area contributed by atoms with Gasteiger partial charge in [0.25, 0.3) is 5.69 Å². The molecule has 0 amide bonds. The number of hydrogen-bond acceptors (Lipinski definition) is 5. The molecule has 0 aliphatic heterocycles. The Kier molecular flexibility index (Phi) is 6.71. The monoisotopic (exact) mass is 346 g/mol. The minimum absolute atomic E-state index is 0.0389. The predicted octanol–water partition coefficient (Wildman–Crippen LogP) is 3.40. The molecule has 0 saturated heterocycles. The number of carbonyl (C=O) groups excluding carboxylic acids is 1. The van der Waals surface area contributed by atoms with E-state index < -0.39 is 22.0 Å². The van der Waals surface area contributed by atoms with Gasteiger partial charge in [0.1, 0.15) is 11.1 Å². The average molecular weight is 346 g/mol. The van der Waals surface area contributed by atoms with Crippen LogP contribution in [0.2, 0.25) is 0 Å². The van der Waals surface area contributed by atoms with Crippen LogP contribution in [-0.4, -0.2) is 23.0 Å². The van der Waals surface area contributed by atoms with E-state index in [1.54, 1.807) is 32.9 Å². The first-order valence-corrected chi connectivity index (χ1v) is 8.25. The van der Waals surface area contributed by atoms with Gasteiger partial charge in [-0.25, -0.2) is 4.79 Å². The van der Waals surface area contributed by atoms with Gasteiger partial charge in [-0.2, -0.15) is 0 Å². The first-order valence-electron chi connectivity index (χ1n) is 8.25. The minimum atomic E-state index is -1.18. The van der Waals surface area contributed by atoms with E-state index >= 15 is 0 Å². The summed E-state index contributed by atoms with van der Waals surface area (Å²) >= 11 is 0. The second kappa shape index (κ2) is 8.13. The number of esters is 1. The standard InChI is InChI=1S/C19H26N2O4/c1-7-13-20-19(14(3)8-2,17(22)25-18(4,5)6)15-9-11-16(12-10-15)21(23)24/h1,9-12,14,20H,8,13H2,2-6H3/t14?,19-/m1/s1. The Hall–Kier alpha value is -2.39. The van der Waals surface area contributed by atoms with E-state index in [2.05, 4.69) is 11.2 Å². The van der Waals surface area contributed by atoms with E-state index in [9.17, 15) is 14.9 Å². The smallest absolute Gasteiger partial charge is 0.331 e. The van der Waals surface area contributed by atoms with Crippen LogP contribution in [0.3, 0.4) is 0 Å². The third-order valence-corrected chi connectivity index (χ3v) is 4.08. The summed E-state index contributed by atoms with van der Waals surface area (Å²) in [6, 6.07) is 5.93. The maximum atomic E-state index is 13.1. The Balaban J connectivity index is 3.49. The lowest BCUT2D eigenvalue weighted by molar-refractivity contribution is -0.384. The van der Waals surface area contributed by atoms with Gasteiger partial charge < -0.3 is 4.74 Å². The van der Waals surface area contributed by atoms with Gasteiger partial charge in [0, 0.05) is 12.1 Å². The molecule has 25 heavy (non-hydrogen) atoms. The highest BCUT2D eigenvalue weighted by Gasteiger charge is 2.47. The first-order chi connectivity index (χ1) is 11.6. The van der Waals surface area contributed by atoms with Gasteiger partial charge in [-0.1, -0.05) is 26.2 Å². The molecule has 0 bridgehead atoms. The summed E-state index contributed by atoms with van der Waals surface area (Å²) in [5.41, 5.74) is -1.29. The molecule has 0 fully saturated rings. The van der Waals surface area contributed by atoms with Gasteiger partial charge in [0.15, 0.2) is 0 Å². The molecule has 0 heterocycles. The molecular weight excluding hydrogens is 320 g/mol. The number of carbonyl (C=O) groups is 1. The van der Waals surface area contributed by atoms with Crippen LogP contribution >= 0.6 is 0 Å². The van der Waals surface area contributed by atoms with Gasteiger partial charge in [0.05, 0.1) is 11.5 Å². The number of nitrogens with zero attached hydrogens (tertiary/aromatic N) is 1. The summed E-state index contributed by atoms with van der Waals surface area (Å²) in [7, 11) is 0. The van der Waals surface area contributed by atoms with E-state index in [1.807, 2.05) is 13.8 Å². The molecule has 2 atom stereocenters. The highest BCUT2D eigenvalue weighted by atomic mass is 16.6. The lowest BCUT2D eigenvalue weighted by Crippen LogP contribution is -2.56. The zero-order valence-electron chi connectivity index (χ0n) is 15.5. The van der Waals surface area contributed by atoms with Crippen LogP contribution in [0, 0.1) is 28.4 Å². The Bertz CT molecular complexity index is 655. The Labute approximate surface area is 149 Å². The van der Waals surface area contributed by atoms with E-state index in [4.69, 9.17) is 11.2 Å². The number of benzene rings is 1. The lowest BCUT2D eigenvalue weighted by atomic mass is 9.77. The number of nitro groups is 1. The number of nitrogens with one attached hydrogen (secondary N) is 1. The largest absolute Gasteiger partial charge is 0.458 e. The van der Waals surface area contributed by atoms with Gasteiger partial charge in [0.2, 0.25) is 0 Å². The number of rotatable bonds is 7. The fourth-order valence-electron chi connectivity index (χ4n) is 2.65. The van der Waals surface area contributed by atoms with Crippen molar-refractivity contribution in [3.8, 4) is 12.3 Å². The molecule has 0 saturated carbocycles. The van der Waals surface area contributed by atoms with E-state index in [-0.39, 0.29) is 18.2 Å². The summed E-state index contributed by atoms with van der Waals surface area (Å²) in [6.45, 7) is 9.44. The Morgan fingerprint density at radius 2 is 1.92 bits per heavy atom. The third-order valence-electron chi connectivity index (χ3n) is 4.08. The van der Waals surface area contributed by atoms with Crippen LogP contribution in [0.4, 0.5) is 5.69 Å². The summed E-state index contributed by atoms with van der Waals surface area (Å²) in [6.07, 6.45) is 6.08. The van der Waals surface area contributed by atoms with Crippen LogP contribution in [0.15, 0.2) is 24.3 Å².